The highest BCUT2D eigenvalue weighted by Crippen LogP contribution is 2.34. The van der Waals surface area contributed by atoms with Crippen LogP contribution in [0.25, 0.3) is 0 Å². The van der Waals surface area contributed by atoms with E-state index in [0.29, 0.717) is 28.2 Å². The first-order valence-corrected chi connectivity index (χ1v) is 8.95. The van der Waals surface area contributed by atoms with Crippen LogP contribution in [-0.2, 0) is 6.61 Å². The van der Waals surface area contributed by atoms with E-state index in [1.807, 2.05) is 18.2 Å². The summed E-state index contributed by atoms with van der Waals surface area (Å²) in [6.45, 7) is 0.327. The Balaban J connectivity index is 1.79. The standard InChI is InChI=1S/C17H13BrCl2N4O2/c1-25-16-5-12(7-23-24-9-21-22-10-24)13(18)6-17(16)26-8-11-2-3-14(19)15(20)4-11/h2-7,9-10H,8H2,1H3/b23-7-. The van der Waals surface area contributed by atoms with Crippen molar-refractivity contribution < 1.29 is 9.47 Å². The zero-order valence-electron chi connectivity index (χ0n) is 13.6. The normalized spacial score (nSPS) is 11.1. The van der Waals surface area contributed by atoms with Crippen molar-refractivity contribution in [3.8, 4) is 11.5 Å². The molecule has 3 rings (SSSR count). The van der Waals surface area contributed by atoms with E-state index in [9.17, 15) is 0 Å². The van der Waals surface area contributed by atoms with Gasteiger partial charge in [0.1, 0.15) is 19.3 Å². The second-order valence-electron chi connectivity index (χ2n) is 5.15. The average Bonchev–Trinajstić information content (AvgIpc) is 3.15. The van der Waals surface area contributed by atoms with Gasteiger partial charge >= 0.3 is 0 Å². The van der Waals surface area contributed by atoms with Gasteiger partial charge in [-0.1, -0.05) is 29.3 Å². The monoisotopic (exact) mass is 454 g/mol. The number of hydrogen-bond acceptors (Lipinski definition) is 5. The van der Waals surface area contributed by atoms with Crippen molar-refractivity contribution in [2.75, 3.05) is 7.11 Å². The molecule has 0 spiro atoms. The topological polar surface area (TPSA) is 61.5 Å². The van der Waals surface area contributed by atoms with Gasteiger partial charge in [0.25, 0.3) is 0 Å². The zero-order chi connectivity index (χ0) is 18.5. The molecule has 6 nitrogen and oxygen atoms in total. The molecule has 0 N–H and O–H groups in total. The van der Waals surface area contributed by atoms with Crippen molar-refractivity contribution >= 4 is 45.3 Å². The molecule has 0 saturated carbocycles. The molecule has 0 amide bonds. The van der Waals surface area contributed by atoms with Crippen molar-refractivity contribution in [3.05, 3.63) is 68.6 Å². The predicted molar refractivity (Wildman–Crippen MR) is 105 cm³/mol. The molecule has 2 aromatic carbocycles. The maximum absolute atomic E-state index is 6.03. The van der Waals surface area contributed by atoms with Gasteiger partial charge < -0.3 is 9.47 Å². The number of aromatic nitrogens is 3. The highest BCUT2D eigenvalue weighted by atomic mass is 79.9. The number of rotatable bonds is 6. The second-order valence-corrected chi connectivity index (χ2v) is 6.82. The molecule has 3 aromatic rings. The Morgan fingerprint density at radius 1 is 1.12 bits per heavy atom. The fourth-order valence-electron chi connectivity index (χ4n) is 2.10. The molecule has 134 valence electrons. The molecule has 0 unspecified atom stereocenters. The molecule has 0 atom stereocenters. The van der Waals surface area contributed by atoms with Crippen LogP contribution in [0.15, 0.2) is 52.6 Å². The van der Waals surface area contributed by atoms with Crippen LogP contribution in [0.4, 0.5) is 0 Å². The lowest BCUT2D eigenvalue weighted by Crippen LogP contribution is -1.99. The number of ether oxygens (including phenoxy) is 2. The molecule has 1 aromatic heterocycles. The quantitative estimate of drug-likeness (QED) is 0.500. The van der Waals surface area contributed by atoms with Gasteiger partial charge in [-0.2, -0.15) is 5.10 Å². The summed E-state index contributed by atoms with van der Waals surface area (Å²) in [5.41, 5.74) is 1.72. The largest absolute Gasteiger partial charge is 0.493 e. The van der Waals surface area contributed by atoms with Crippen LogP contribution in [0.1, 0.15) is 11.1 Å². The lowest BCUT2D eigenvalue weighted by molar-refractivity contribution is 0.284. The summed E-state index contributed by atoms with van der Waals surface area (Å²) >= 11 is 15.5. The lowest BCUT2D eigenvalue weighted by Gasteiger charge is -2.13. The summed E-state index contributed by atoms with van der Waals surface area (Å²) in [5.74, 6) is 1.17. The van der Waals surface area contributed by atoms with E-state index < -0.39 is 0 Å². The fraction of sp³-hybridized carbons (Fsp3) is 0.118. The molecule has 9 heteroatoms. The molecular weight excluding hydrogens is 443 g/mol. The number of hydrogen-bond donors (Lipinski definition) is 0. The van der Waals surface area contributed by atoms with Gasteiger partial charge in [0.05, 0.1) is 23.4 Å². The van der Waals surface area contributed by atoms with E-state index in [4.69, 9.17) is 32.7 Å². The molecular formula is C17H13BrCl2N4O2. The zero-order valence-corrected chi connectivity index (χ0v) is 16.7. The number of methoxy groups -OCH3 is 1. The first kappa shape index (κ1) is 18.7. The first-order chi connectivity index (χ1) is 12.6. The van der Waals surface area contributed by atoms with E-state index >= 15 is 0 Å². The van der Waals surface area contributed by atoms with Crippen LogP contribution in [0.2, 0.25) is 10.0 Å². The summed E-state index contributed by atoms with van der Waals surface area (Å²) in [6.07, 6.45) is 4.66. The fourth-order valence-corrected chi connectivity index (χ4v) is 2.84. The van der Waals surface area contributed by atoms with Crippen LogP contribution in [0.5, 0.6) is 11.5 Å². The Bertz CT molecular complexity index is 933. The van der Waals surface area contributed by atoms with Crippen molar-refractivity contribution in [2.24, 2.45) is 5.10 Å². The second kappa shape index (κ2) is 8.53. The minimum absolute atomic E-state index is 0.327. The third-order valence-electron chi connectivity index (χ3n) is 3.40. The molecule has 1 heterocycles. The van der Waals surface area contributed by atoms with Gasteiger partial charge in [0, 0.05) is 10.0 Å². The summed E-state index contributed by atoms with van der Waals surface area (Å²) in [4.78, 5) is 0. The van der Waals surface area contributed by atoms with Gasteiger partial charge in [0.15, 0.2) is 11.5 Å². The van der Waals surface area contributed by atoms with E-state index in [0.717, 1.165) is 15.6 Å². The van der Waals surface area contributed by atoms with Gasteiger partial charge in [-0.25, -0.2) is 4.68 Å². The number of halogens is 3. The molecule has 0 fully saturated rings. The Morgan fingerprint density at radius 2 is 1.88 bits per heavy atom. The van der Waals surface area contributed by atoms with Crippen LogP contribution < -0.4 is 9.47 Å². The molecule has 0 saturated heterocycles. The van der Waals surface area contributed by atoms with E-state index in [1.165, 1.54) is 17.3 Å². The Hall–Kier alpha value is -2.09. The van der Waals surface area contributed by atoms with Crippen LogP contribution in [0.3, 0.4) is 0 Å². The summed E-state index contributed by atoms with van der Waals surface area (Å²) in [7, 11) is 1.58. The number of nitrogens with zero attached hydrogens (tertiary/aromatic N) is 4. The highest BCUT2D eigenvalue weighted by Gasteiger charge is 2.10. The van der Waals surface area contributed by atoms with Crippen molar-refractivity contribution in [1.29, 1.82) is 0 Å². The third-order valence-corrected chi connectivity index (χ3v) is 4.82. The third kappa shape index (κ3) is 4.55. The molecule has 0 aliphatic carbocycles. The molecule has 0 bridgehead atoms. The van der Waals surface area contributed by atoms with E-state index in [1.54, 1.807) is 25.5 Å². The van der Waals surface area contributed by atoms with Crippen molar-refractivity contribution in [1.82, 2.24) is 14.9 Å². The Labute approximate surface area is 168 Å². The van der Waals surface area contributed by atoms with Gasteiger partial charge in [-0.3, -0.25) is 0 Å². The highest BCUT2D eigenvalue weighted by molar-refractivity contribution is 9.10. The molecule has 0 aliphatic rings. The van der Waals surface area contributed by atoms with Gasteiger partial charge in [-0.15, -0.1) is 10.2 Å². The van der Waals surface area contributed by atoms with Gasteiger partial charge in [-0.05, 0) is 45.8 Å². The van der Waals surface area contributed by atoms with Crippen LogP contribution >= 0.6 is 39.1 Å². The molecule has 0 radical (unpaired) electrons. The number of benzene rings is 2. The van der Waals surface area contributed by atoms with Crippen LogP contribution in [0, 0.1) is 0 Å². The van der Waals surface area contributed by atoms with Crippen molar-refractivity contribution in [3.63, 3.8) is 0 Å². The Kier molecular flexibility index (Phi) is 6.13. The first-order valence-electron chi connectivity index (χ1n) is 7.40. The smallest absolute Gasteiger partial charge is 0.162 e. The van der Waals surface area contributed by atoms with Crippen molar-refractivity contribution in [2.45, 2.75) is 6.61 Å². The van der Waals surface area contributed by atoms with Crippen LogP contribution in [-0.4, -0.2) is 28.2 Å². The minimum Gasteiger partial charge on any atom is -0.493 e. The summed E-state index contributed by atoms with van der Waals surface area (Å²) in [5, 5.41) is 12.6. The maximum atomic E-state index is 6.03. The summed E-state index contributed by atoms with van der Waals surface area (Å²) in [6, 6.07) is 9.01. The minimum atomic E-state index is 0.327. The Morgan fingerprint density at radius 3 is 2.58 bits per heavy atom. The maximum Gasteiger partial charge on any atom is 0.162 e. The lowest BCUT2D eigenvalue weighted by atomic mass is 10.2. The SMILES string of the molecule is COc1cc(/C=N\n2cnnc2)c(Br)cc1OCc1ccc(Cl)c(Cl)c1. The van der Waals surface area contributed by atoms with E-state index in [2.05, 4.69) is 31.2 Å². The predicted octanol–water partition coefficient (Wildman–Crippen LogP) is 4.82. The average molecular weight is 456 g/mol. The molecule has 0 aliphatic heterocycles. The molecule has 26 heavy (non-hydrogen) atoms. The summed E-state index contributed by atoms with van der Waals surface area (Å²) < 4.78 is 13.6. The van der Waals surface area contributed by atoms with Gasteiger partial charge in [0.2, 0.25) is 0 Å². The van der Waals surface area contributed by atoms with E-state index in [-0.39, 0.29) is 0 Å².